The predicted molar refractivity (Wildman–Crippen MR) is 90.5 cm³/mol. The number of hydrogen-bond donors (Lipinski definition) is 2. The van der Waals surface area contributed by atoms with Crippen LogP contribution in [0.15, 0.2) is 36.4 Å². The molecule has 0 spiro atoms. The van der Waals surface area contributed by atoms with Gasteiger partial charge in [-0.05, 0) is 49.0 Å². The summed E-state index contributed by atoms with van der Waals surface area (Å²) in [6.07, 6.45) is 0. The molecule has 0 aliphatic heterocycles. The zero-order chi connectivity index (χ0) is 16.1. The number of halogens is 1. The van der Waals surface area contributed by atoms with E-state index in [1.54, 1.807) is 51.5 Å². The molecule has 6 heteroatoms. The van der Waals surface area contributed by atoms with E-state index < -0.39 is 0 Å². The quantitative estimate of drug-likeness (QED) is 0.835. The number of aryl methyl sites for hydroxylation is 1. The second-order valence-electron chi connectivity index (χ2n) is 4.61. The Kier molecular flexibility index (Phi) is 5.16. The summed E-state index contributed by atoms with van der Waals surface area (Å²) in [6.45, 7) is 1.71. The monoisotopic (exact) mass is 320 g/mol. The molecular formula is C16H17FN2O2S. The minimum absolute atomic E-state index is 0.283. The highest BCUT2D eigenvalue weighted by Crippen LogP contribution is 2.29. The summed E-state index contributed by atoms with van der Waals surface area (Å²) in [5, 5.41) is 6.28. The number of nitrogens with one attached hydrogen (secondary N) is 2. The van der Waals surface area contributed by atoms with E-state index in [9.17, 15) is 4.39 Å². The molecule has 2 aromatic carbocycles. The summed E-state index contributed by atoms with van der Waals surface area (Å²) < 4.78 is 23.9. The molecule has 0 unspecified atom stereocenters. The molecule has 0 bridgehead atoms. The van der Waals surface area contributed by atoms with E-state index in [1.807, 2.05) is 0 Å². The Labute approximate surface area is 134 Å². The van der Waals surface area contributed by atoms with E-state index in [2.05, 4.69) is 10.6 Å². The normalized spacial score (nSPS) is 10.0. The zero-order valence-corrected chi connectivity index (χ0v) is 13.4. The molecule has 116 valence electrons. The van der Waals surface area contributed by atoms with Crippen LogP contribution in [0.1, 0.15) is 5.56 Å². The largest absolute Gasteiger partial charge is 0.497 e. The van der Waals surface area contributed by atoms with Gasteiger partial charge in [-0.3, -0.25) is 0 Å². The van der Waals surface area contributed by atoms with Crippen molar-refractivity contribution in [1.82, 2.24) is 0 Å². The van der Waals surface area contributed by atoms with Gasteiger partial charge in [0.25, 0.3) is 0 Å². The Bertz CT molecular complexity index is 692. The maximum atomic E-state index is 13.5. The van der Waals surface area contributed by atoms with Crippen molar-refractivity contribution < 1.29 is 13.9 Å². The Morgan fingerprint density at radius 3 is 2.45 bits per heavy atom. The lowest BCUT2D eigenvalue weighted by Crippen LogP contribution is -2.19. The fourth-order valence-corrected chi connectivity index (χ4v) is 2.08. The molecule has 0 aliphatic carbocycles. The summed E-state index contributed by atoms with van der Waals surface area (Å²) in [5.41, 5.74) is 1.85. The molecule has 0 aromatic heterocycles. The first-order valence-electron chi connectivity index (χ1n) is 6.59. The van der Waals surface area contributed by atoms with Crippen LogP contribution >= 0.6 is 12.2 Å². The first-order chi connectivity index (χ1) is 10.5. The standard InChI is InChI=1S/C16H17FN2O2S/c1-10-4-5-11(8-13(10)17)18-16(22)19-14-7-6-12(20-2)9-15(14)21-3/h4-9H,1-3H3,(H2,18,19,22). The van der Waals surface area contributed by atoms with Gasteiger partial charge in [0, 0.05) is 11.8 Å². The Morgan fingerprint density at radius 1 is 1.05 bits per heavy atom. The maximum Gasteiger partial charge on any atom is 0.175 e. The van der Waals surface area contributed by atoms with Crippen molar-refractivity contribution in [2.24, 2.45) is 0 Å². The third-order valence-corrected chi connectivity index (χ3v) is 3.29. The van der Waals surface area contributed by atoms with Crippen molar-refractivity contribution in [3.63, 3.8) is 0 Å². The highest BCUT2D eigenvalue weighted by molar-refractivity contribution is 7.80. The SMILES string of the molecule is COc1ccc(NC(=S)Nc2ccc(C)c(F)c2)c(OC)c1. The molecule has 2 rings (SSSR count). The van der Waals surface area contributed by atoms with Crippen molar-refractivity contribution in [1.29, 1.82) is 0 Å². The molecule has 0 aliphatic rings. The van der Waals surface area contributed by atoms with Gasteiger partial charge in [0.05, 0.1) is 19.9 Å². The van der Waals surface area contributed by atoms with Gasteiger partial charge in [0.2, 0.25) is 0 Å². The van der Waals surface area contributed by atoms with Gasteiger partial charge < -0.3 is 20.1 Å². The van der Waals surface area contributed by atoms with E-state index in [0.717, 1.165) is 0 Å². The van der Waals surface area contributed by atoms with Crippen LogP contribution in [-0.4, -0.2) is 19.3 Å². The number of anilines is 2. The van der Waals surface area contributed by atoms with E-state index in [1.165, 1.54) is 6.07 Å². The van der Waals surface area contributed by atoms with Crippen LogP contribution in [-0.2, 0) is 0 Å². The molecular weight excluding hydrogens is 303 g/mol. The summed E-state index contributed by atoms with van der Waals surface area (Å²) in [6, 6.07) is 10.2. The van der Waals surface area contributed by atoms with Crippen LogP contribution in [0.25, 0.3) is 0 Å². The molecule has 0 radical (unpaired) electrons. The van der Waals surface area contributed by atoms with Crippen LogP contribution in [0.5, 0.6) is 11.5 Å². The molecule has 0 heterocycles. The Hall–Kier alpha value is -2.34. The highest BCUT2D eigenvalue weighted by atomic mass is 32.1. The first-order valence-corrected chi connectivity index (χ1v) is 7.00. The summed E-state index contributed by atoms with van der Waals surface area (Å²) in [7, 11) is 3.14. The number of rotatable bonds is 4. The molecule has 2 aromatic rings. The van der Waals surface area contributed by atoms with Gasteiger partial charge in [-0.2, -0.15) is 0 Å². The number of methoxy groups -OCH3 is 2. The van der Waals surface area contributed by atoms with Gasteiger partial charge >= 0.3 is 0 Å². The maximum absolute atomic E-state index is 13.5. The summed E-state index contributed by atoms with van der Waals surface area (Å²) in [4.78, 5) is 0. The van der Waals surface area contributed by atoms with Gasteiger partial charge in [-0.15, -0.1) is 0 Å². The van der Waals surface area contributed by atoms with Gasteiger partial charge in [-0.25, -0.2) is 4.39 Å². The lowest BCUT2D eigenvalue weighted by atomic mass is 10.2. The molecule has 0 amide bonds. The molecule has 0 fully saturated rings. The molecule has 0 saturated heterocycles. The van der Waals surface area contributed by atoms with Gasteiger partial charge in [0.15, 0.2) is 5.11 Å². The first kappa shape index (κ1) is 16.0. The lowest BCUT2D eigenvalue weighted by molar-refractivity contribution is 0.395. The van der Waals surface area contributed by atoms with E-state index in [0.29, 0.717) is 33.5 Å². The number of hydrogen-bond acceptors (Lipinski definition) is 3. The van der Waals surface area contributed by atoms with Gasteiger partial charge in [-0.1, -0.05) is 6.07 Å². The smallest absolute Gasteiger partial charge is 0.175 e. The van der Waals surface area contributed by atoms with Crippen molar-refractivity contribution in [3.05, 3.63) is 47.8 Å². The number of thiocarbonyl (C=S) groups is 1. The topological polar surface area (TPSA) is 42.5 Å². The minimum Gasteiger partial charge on any atom is -0.497 e. The average Bonchev–Trinajstić information content (AvgIpc) is 2.51. The Morgan fingerprint density at radius 2 is 1.82 bits per heavy atom. The molecule has 0 saturated carbocycles. The molecule has 22 heavy (non-hydrogen) atoms. The average molecular weight is 320 g/mol. The van der Waals surface area contributed by atoms with Crippen LogP contribution in [0, 0.1) is 12.7 Å². The van der Waals surface area contributed by atoms with Crippen molar-refractivity contribution in [3.8, 4) is 11.5 Å². The van der Waals surface area contributed by atoms with E-state index in [4.69, 9.17) is 21.7 Å². The predicted octanol–water partition coefficient (Wildman–Crippen LogP) is 3.96. The van der Waals surface area contributed by atoms with Crippen LogP contribution in [0.4, 0.5) is 15.8 Å². The minimum atomic E-state index is -0.283. The lowest BCUT2D eigenvalue weighted by Gasteiger charge is -2.14. The summed E-state index contributed by atoms with van der Waals surface area (Å²) in [5.74, 6) is 0.996. The molecule has 4 nitrogen and oxygen atoms in total. The third-order valence-electron chi connectivity index (χ3n) is 3.09. The van der Waals surface area contributed by atoms with Crippen molar-refractivity contribution in [2.45, 2.75) is 6.92 Å². The second-order valence-corrected chi connectivity index (χ2v) is 5.02. The fraction of sp³-hybridized carbons (Fsp3) is 0.188. The number of benzene rings is 2. The van der Waals surface area contributed by atoms with Crippen molar-refractivity contribution in [2.75, 3.05) is 24.9 Å². The molecule has 2 N–H and O–H groups in total. The van der Waals surface area contributed by atoms with Crippen molar-refractivity contribution >= 4 is 28.7 Å². The Balaban J connectivity index is 2.10. The fourth-order valence-electron chi connectivity index (χ4n) is 1.86. The third kappa shape index (κ3) is 3.85. The highest BCUT2D eigenvalue weighted by Gasteiger charge is 2.07. The molecule has 0 atom stereocenters. The van der Waals surface area contributed by atoms with Crippen LogP contribution < -0.4 is 20.1 Å². The van der Waals surface area contributed by atoms with E-state index in [-0.39, 0.29) is 5.82 Å². The van der Waals surface area contributed by atoms with E-state index >= 15 is 0 Å². The van der Waals surface area contributed by atoms with Gasteiger partial charge in [0.1, 0.15) is 17.3 Å². The summed E-state index contributed by atoms with van der Waals surface area (Å²) >= 11 is 5.23. The number of ether oxygens (including phenoxy) is 2. The zero-order valence-electron chi connectivity index (χ0n) is 12.6. The second kappa shape index (κ2) is 7.09. The van der Waals surface area contributed by atoms with Crippen LogP contribution in [0.2, 0.25) is 0 Å². The van der Waals surface area contributed by atoms with Crippen LogP contribution in [0.3, 0.4) is 0 Å².